The zero-order chi connectivity index (χ0) is 18.7. The lowest BCUT2D eigenvalue weighted by Crippen LogP contribution is -2.48. The van der Waals surface area contributed by atoms with Gasteiger partial charge in [0.05, 0.1) is 24.2 Å². The smallest absolute Gasteiger partial charge is 0.243 e. The number of nitrogens with zero attached hydrogens (tertiary/aromatic N) is 1. The Kier molecular flexibility index (Phi) is 6.21. The third kappa shape index (κ3) is 5.01. The Morgan fingerprint density at radius 1 is 1.24 bits per heavy atom. The van der Waals surface area contributed by atoms with Gasteiger partial charge in [-0.2, -0.15) is 4.31 Å². The first-order chi connectivity index (χ1) is 11.6. The first kappa shape index (κ1) is 19.8. The second kappa shape index (κ2) is 7.82. The highest BCUT2D eigenvalue weighted by molar-refractivity contribution is 7.89. The van der Waals surface area contributed by atoms with Crippen LogP contribution in [0.15, 0.2) is 29.2 Å². The van der Waals surface area contributed by atoms with Crippen molar-refractivity contribution in [3.05, 3.63) is 29.8 Å². The summed E-state index contributed by atoms with van der Waals surface area (Å²) in [5.41, 5.74) is 6.41. The standard InChI is InChI=1S/C17H27N3O4S/c1-17(2,3)15(18)16(21)19-12-13-4-6-14(7-5-13)25(22,23)20-8-10-24-11-9-20/h4-7,15H,8-12,18H2,1-3H3,(H,19,21)/t15-/m1/s1. The average Bonchev–Trinajstić information content (AvgIpc) is 2.59. The summed E-state index contributed by atoms with van der Waals surface area (Å²) in [6, 6.07) is 5.94. The maximum Gasteiger partial charge on any atom is 0.243 e. The van der Waals surface area contributed by atoms with Gasteiger partial charge in [-0.1, -0.05) is 32.9 Å². The van der Waals surface area contributed by atoms with Crippen molar-refractivity contribution >= 4 is 15.9 Å². The SMILES string of the molecule is CC(C)(C)[C@H](N)C(=O)NCc1ccc(S(=O)(=O)N2CCOCC2)cc1. The third-order valence-corrected chi connectivity index (χ3v) is 6.13. The summed E-state index contributed by atoms with van der Waals surface area (Å²) in [5.74, 6) is -0.225. The fourth-order valence-electron chi connectivity index (χ4n) is 2.41. The molecular formula is C17H27N3O4S. The molecule has 1 aliphatic heterocycles. The minimum absolute atomic E-state index is 0.225. The second-order valence-electron chi connectivity index (χ2n) is 7.22. The van der Waals surface area contributed by atoms with E-state index >= 15 is 0 Å². The lowest BCUT2D eigenvalue weighted by molar-refractivity contribution is -0.124. The molecule has 1 aliphatic rings. The van der Waals surface area contributed by atoms with E-state index in [1.807, 2.05) is 20.8 Å². The molecule has 2 rings (SSSR count). The van der Waals surface area contributed by atoms with Crippen LogP contribution in [0.3, 0.4) is 0 Å². The molecule has 1 amide bonds. The molecule has 7 nitrogen and oxygen atoms in total. The van der Waals surface area contributed by atoms with Crippen molar-refractivity contribution in [1.82, 2.24) is 9.62 Å². The van der Waals surface area contributed by atoms with E-state index in [9.17, 15) is 13.2 Å². The monoisotopic (exact) mass is 369 g/mol. The first-order valence-electron chi connectivity index (χ1n) is 8.32. The van der Waals surface area contributed by atoms with Crippen molar-refractivity contribution in [2.45, 2.75) is 38.3 Å². The van der Waals surface area contributed by atoms with E-state index in [1.165, 1.54) is 4.31 Å². The molecule has 0 radical (unpaired) electrons. The van der Waals surface area contributed by atoms with Crippen LogP contribution in [-0.4, -0.2) is 51.0 Å². The van der Waals surface area contributed by atoms with Crippen molar-refractivity contribution in [3.63, 3.8) is 0 Å². The predicted octanol–water partition coefficient (Wildman–Crippen LogP) is 0.697. The van der Waals surface area contributed by atoms with E-state index in [1.54, 1.807) is 24.3 Å². The summed E-state index contributed by atoms with van der Waals surface area (Å²) in [6.07, 6.45) is 0. The Morgan fingerprint density at radius 3 is 2.32 bits per heavy atom. The van der Waals surface area contributed by atoms with E-state index in [-0.39, 0.29) is 16.2 Å². The van der Waals surface area contributed by atoms with Gasteiger partial charge in [0.15, 0.2) is 0 Å². The Labute approximate surface area is 149 Å². The van der Waals surface area contributed by atoms with Crippen LogP contribution in [0.25, 0.3) is 0 Å². The normalized spacial score (nSPS) is 17.9. The minimum Gasteiger partial charge on any atom is -0.379 e. The molecular weight excluding hydrogens is 342 g/mol. The van der Waals surface area contributed by atoms with Crippen LogP contribution in [0.5, 0.6) is 0 Å². The van der Waals surface area contributed by atoms with Gasteiger partial charge >= 0.3 is 0 Å². The van der Waals surface area contributed by atoms with E-state index in [0.717, 1.165) is 5.56 Å². The molecule has 0 aliphatic carbocycles. The topological polar surface area (TPSA) is 102 Å². The van der Waals surface area contributed by atoms with Gasteiger partial charge in [0.2, 0.25) is 15.9 Å². The Morgan fingerprint density at radius 2 is 1.80 bits per heavy atom. The van der Waals surface area contributed by atoms with Crippen molar-refractivity contribution in [2.75, 3.05) is 26.3 Å². The number of sulfonamides is 1. The molecule has 25 heavy (non-hydrogen) atoms. The molecule has 3 N–H and O–H groups in total. The molecule has 0 unspecified atom stereocenters. The second-order valence-corrected chi connectivity index (χ2v) is 9.16. The maximum atomic E-state index is 12.5. The highest BCUT2D eigenvalue weighted by atomic mass is 32.2. The van der Waals surface area contributed by atoms with Crippen LogP contribution in [-0.2, 0) is 26.1 Å². The highest BCUT2D eigenvalue weighted by Gasteiger charge is 2.28. The summed E-state index contributed by atoms with van der Waals surface area (Å²) >= 11 is 0. The number of rotatable bonds is 5. The van der Waals surface area contributed by atoms with Gasteiger partial charge in [-0.3, -0.25) is 4.79 Å². The molecule has 0 bridgehead atoms. The van der Waals surface area contributed by atoms with Gasteiger partial charge in [0.25, 0.3) is 0 Å². The van der Waals surface area contributed by atoms with Crippen LogP contribution in [0.4, 0.5) is 0 Å². The average molecular weight is 369 g/mol. The molecule has 1 heterocycles. The Hall–Kier alpha value is -1.48. The van der Waals surface area contributed by atoms with Gasteiger partial charge < -0.3 is 15.8 Å². The Balaban J connectivity index is 1.99. The van der Waals surface area contributed by atoms with Crippen LogP contribution >= 0.6 is 0 Å². The van der Waals surface area contributed by atoms with Crippen LogP contribution in [0.2, 0.25) is 0 Å². The van der Waals surface area contributed by atoms with Gasteiger partial charge in [-0.05, 0) is 23.1 Å². The number of morpholine rings is 1. The molecule has 0 aromatic heterocycles. The lowest BCUT2D eigenvalue weighted by Gasteiger charge is -2.26. The van der Waals surface area contributed by atoms with Crippen molar-refractivity contribution in [1.29, 1.82) is 0 Å². The number of hydrogen-bond donors (Lipinski definition) is 2. The number of hydrogen-bond acceptors (Lipinski definition) is 5. The summed E-state index contributed by atoms with van der Waals surface area (Å²) in [7, 11) is -3.50. The summed E-state index contributed by atoms with van der Waals surface area (Å²) in [5, 5.41) is 2.79. The molecule has 140 valence electrons. The van der Waals surface area contributed by atoms with Crippen molar-refractivity contribution in [2.24, 2.45) is 11.1 Å². The molecule has 0 spiro atoms. The molecule has 8 heteroatoms. The van der Waals surface area contributed by atoms with Gasteiger partial charge in [0.1, 0.15) is 0 Å². The number of benzene rings is 1. The zero-order valence-electron chi connectivity index (χ0n) is 15.0. The Bertz CT molecular complexity index is 690. The number of ether oxygens (including phenoxy) is 1. The van der Waals surface area contributed by atoms with Gasteiger partial charge in [0, 0.05) is 19.6 Å². The van der Waals surface area contributed by atoms with Crippen LogP contribution in [0.1, 0.15) is 26.3 Å². The number of carbonyl (C=O) groups is 1. The van der Waals surface area contributed by atoms with E-state index in [2.05, 4.69) is 5.32 Å². The van der Waals surface area contributed by atoms with E-state index < -0.39 is 16.1 Å². The number of nitrogens with two attached hydrogens (primary N) is 1. The zero-order valence-corrected chi connectivity index (χ0v) is 15.8. The first-order valence-corrected chi connectivity index (χ1v) is 9.76. The molecule has 1 saturated heterocycles. The fraction of sp³-hybridized carbons (Fsp3) is 0.588. The fourth-order valence-corrected chi connectivity index (χ4v) is 3.82. The van der Waals surface area contributed by atoms with Gasteiger partial charge in [-0.25, -0.2) is 8.42 Å². The quantitative estimate of drug-likeness (QED) is 0.795. The number of nitrogens with one attached hydrogen (secondary N) is 1. The van der Waals surface area contributed by atoms with Crippen LogP contribution < -0.4 is 11.1 Å². The summed E-state index contributed by atoms with van der Waals surface area (Å²) in [6.45, 7) is 7.58. The molecule has 1 aromatic carbocycles. The number of carbonyl (C=O) groups excluding carboxylic acids is 1. The molecule has 0 saturated carbocycles. The lowest BCUT2D eigenvalue weighted by atomic mass is 9.87. The minimum atomic E-state index is -3.50. The maximum absolute atomic E-state index is 12.5. The summed E-state index contributed by atoms with van der Waals surface area (Å²) < 4.78 is 31.7. The number of amides is 1. The summed E-state index contributed by atoms with van der Waals surface area (Å²) in [4.78, 5) is 12.3. The highest BCUT2D eigenvalue weighted by Crippen LogP contribution is 2.19. The third-order valence-electron chi connectivity index (χ3n) is 4.21. The van der Waals surface area contributed by atoms with Crippen LogP contribution in [0, 0.1) is 5.41 Å². The molecule has 1 atom stereocenters. The van der Waals surface area contributed by atoms with Crippen molar-refractivity contribution in [3.8, 4) is 0 Å². The predicted molar refractivity (Wildman–Crippen MR) is 95.3 cm³/mol. The van der Waals surface area contributed by atoms with Gasteiger partial charge in [-0.15, -0.1) is 0 Å². The van der Waals surface area contributed by atoms with E-state index in [0.29, 0.717) is 32.8 Å². The molecule has 1 fully saturated rings. The van der Waals surface area contributed by atoms with Crippen molar-refractivity contribution < 1.29 is 17.9 Å². The largest absolute Gasteiger partial charge is 0.379 e. The molecule has 1 aromatic rings. The van der Waals surface area contributed by atoms with E-state index in [4.69, 9.17) is 10.5 Å².